The Hall–Kier alpha value is -12.1. The smallest absolute Gasteiger partial charge is 0.271 e. The van der Waals surface area contributed by atoms with E-state index < -0.39 is 23.6 Å². The number of hydrogen-bond acceptors (Lipinski definition) is 20. The average Bonchev–Trinajstić information content (AvgIpc) is 3.44. The lowest BCUT2D eigenvalue weighted by Gasteiger charge is -2.02. The van der Waals surface area contributed by atoms with Crippen LogP contribution in [0.1, 0.15) is 63.7 Å². The van der Waals surface area contributed by atoms with Crippen molar-refractivity contribution >= 4 is 71.2 Å². The number of nitrogens with one attached hydrogen (secondary N) is 4. The van der Waals surface area contributed by atoms with Crippen LogP contribution < -0.4 is 44.6 Å². The van der Waals surface area contributed by atoms with Crippen molar-refractivity contribution in [3.8, 4) is 46.0 Å². The fourth-order valence-corrected chi connectivity index (χ4v) is 6.05. The molecule has 0 spiro atoms. The fourth-order valence-electron chi connectivity index (χ4n) is 6.05. The minimum absolute atomic E-state index is 0.251. The van der Waals surface area contributed by atoms with Gasteiger partial charge in [-0.1, -0.05) is 24.3 Å². The summed E-state index contributed by atoms with van der Waals surface area (Å²) in [5.74, 6) is -3.79. The monoisotopic (exact) mass is 1080 g/mol. The number of benzene rings is 8. The molecule has 8 aromatic rings. The van der Waals surface area contributed by atoms with Crippen LogP contribution in [0.3, 0.4) is 0 Å². The molecule has 0 aliphatic carbocycles. The van der Waals surface area contributed by atoms with Gasteiger partial charge in [0.15, 0.2) is 46.0 Å². The number of hydrazone groups is 4. The molecule has 0 heterocycles. The summed E-state index contributed by atoms with van der Waals surface area (Å²) in [4.78, 5) is 46.9. The molecule has 8 aromatic carbocycles. The maximum atomic E-state index is 11.7. The minimum atomic E-state index is -0.402. The van der Waals surface area contributed by atoms with Crippen LogP contribution in [0, 0.1) is 0 Å². The van der Waals surface area contributed by atoms with Gasteiger partial charge in [-0.2, -0.15) is 20.4 Å². The lowest BCUT2D eigenvalue weighted by molar-refractivity contribution is 0.0947. The zero-order valence-electron chi connectivity index (χ0n) is 41.8. The first kappa shape index (κ1) is 58.8. The predicted octanol–water partition coefficient (Wildman–Crippen LogP) is 5.78. The van der Waals surface area contributed by atoms with Gasteiger partial charge in [0, 0.05) is 67.3 Å². The van der Waals surface area contributed by atoms with Crippen LogP contribution in [-0.4, -0.2) is 89.3 Å². The van der Waals surface area contributed by atoms with Gasteiger partial charge in [0.25, 0.3) is 23.6 Å². The molecule has 8 rings (SSSR count). The Morgan fingerprint density at radius 2 is 0.463 bits per heavy atom. The molecule has 80 heavy (non-hydrogen) atoms. The number of carbonyl (C=O) groups excluding carboxylic acids is 4. The number of phenols is 8. The molecule has 24 nitrogen and oxygen atoms in total. The molecule has 0 radical (unpaired) electrons. The molecule has 0 saturated heterocycles. The molecule has 0 unspecified atom stereocenters. The summed E-state index contributed by atoms with van der Waals surface area (Å²) in [6.45, 7) is 0. The summed E-state index contributed by atoms with van der Waals surface area (Å²) in [5.41, 5.74) is 36.4. The number of anilines is 4. The average molecular weight is 1090 g/mol. The predicted molar refractivity (Wildman–Crippen MR) is 303 cm³/mol. The zero-order valence-corrected chi connectivity index (χ0v) is 41.8. The highest BCUT2D eigenvalue weighted by molar-refractivity contribution is 5.98. The van der Waals surface area contributed by atoms with Crippen molar-refractivity contribution in [2.45, 2.75) is 0 Å². The molecule has 0 aliphatic rings. The minimum Gasteiger partial charge on any atom is -0.504 e. The normalized spacial score (nSPS) is 10.6. The molecule has 20 N–H and O–H groups in total. The Bertz CT molecular complexity index is 3070. The third kappa shape index (κ3) is 18.1. The Morgan fingerprint density at radius 1 is 0.287 bits per heavy atom. The summed E-state index contributed by atoms with van der Waals surface area (Å²) in [6, 6.07) is 43.3. The highest BCUT2D eigenvalue weighted by Crippen LogP contribution is 2.29. The lowest BCUT2D eigenvalue weighted by Crippen LogP contribution is -2.17. The van der Waals surface area contributed by atoms with Gasteiger partial charge < -0.3 is 63.8 Å². The lowest BCUT2D eigenvalue weighted by atomic mass is 10.2. The Morgan fingerprint density at radius 3 is 0.637 bits per heavy atom. The van der Waals surface area contributed by atoms with Crippen LogP contribution in [0.15, 0.2) is 190 Å². The van der Waals surface area contributed by atoms with Crippen molar-refractivity contribution in [1.82, 2.24) is 21.7 Å². The molecule has 24 heteroatoms. The summed E-state index contributed by atoms with van der Waals surface area (Å²) >= 11 is 0. The van der Waals surface area contributed by atoms with Gasteiger partial charge in [-0.15, -0.1) is 0 Å². The van der Waals surface area contributed by atoms with E-state index in [-0.39, 0.29) is 46.0 Å². The molecule has 4 amide bonds. The molecular weight excluding hydrogens is 1030 g/mol. The summed E-state index contributed by atoms with van der Waals surface area (Å²) in [5, 5.41) is 90.2. The largest absolute Gasteiger partial charge is 0.504 e. The van der Waals surface area contributed by atoms with E-state index in [0.29, 0.717) is 67.3 Å². The van der Waals surface area contributed by atoms with Crippen LogP contribution in [-0.2, 0) is 0 Å². The van der Waals surface area contributed by atoms with Crippen molar-refractivity contribution in [3.05, 3.63) is 214 Å². The van der Waals surface area contributed by atoms with E-state index in [4.69, 9.17) is 22.9 Å². The van der Waals surface area contributed by atoms with E-state index in [0.717, 1.165) is 0 Å². The van der Waals surface area contributed by atoms with E-state index in [1.807, 2.05) is 0 Å². The Kier molecular flexibility index (Phi) is 21.4. The first-order valence-corrected chi connectivity index (χ1v) is 23.1. The van der Waals surface area contributed by atoms with E-state index in [1.165, 1.54) is 49.1 Å². The zero-order chi connectivity index (χ0) is 58.1. The Labute approximate surface area is 455 Å². The number of nitrogens with two attached hydrogens (primary N) is 4. The molecule has 0 saturated carbocycles. The van der Waals surface area contributed by atoms with Gasteiger partial charge in [0.05, 0.1) is 24.9 Å². The van der Waals surface area contributed by atoms with Crippen molar-refractivity contribution in [2.24, 2.45) is 20.4 Å². The topological polar surface area (TPSA) is 432 Å². The second kappa shape index (κ2) is 29.1. The highest BCUT2D eigenvalue weighted by atomic mass is 16.3. The number of hydrogen-bond donors (Lipinski definition) is 16. The third-order valence-electron chi connectivity index (χ3n) is 10.4. The molecule has 0 aliphatic heterocycles. The first-order valence-electron chi connectivity index (χ1n) is 23.1. The summed E-state index contributed by atoms with van der Waals surface area (Å²) in [7, 11) is 0. The van der Waals surface area contributed by atoms with Crippen LogP contribution in [0.25, 0.3) is 0 Å². The quantitative estimate of drug-likeness (QED) is 0.0298. The van der Waals surface area contributed by atoms with Gasteiger partial charge in [-0.3, -0.25) is 19.2 Å². The van der Waals surface area contributed by atoms with Gasteiger partial charge in [0.1, 0.15) is 0 Å². The van der Waals surface area contributed by atoms with Crippen molar-refractivity contribution in [3.63, 3.8) is 0 Å². The number of aromatic hydroxyl groups is 8. The number of para-hydroxylation sites is 4. The molecule has 0 bridgehead atoms. The number of nitrogen functional groups attached to an aromatic ring is 4. The van der Waals surface area contributed by atoms with E-state index >= 15 is 0 Å². The van der Waals surface area contributed by atoms with Crippen molar-refractivity contribution in [2.75, 3.05) is 22.9 Å². The standard InChI is InChI=1S/4C14H13N3O3/c4*15-11-6-4-9(5-7-11)14(20)17-16-8-10-2-1-3-12(18)13(10)19/h4*1-8,18-19H,15H2,(H,17,20)/b4*16-8+. The summed E-state index contributed by atoms with van der Waals surface area (Å²) in [6.07, 6.45) is 4.96. The molecule has 408 valence electrons. The highest BCUT2D eigenvalue weighted by Gasteiger charge is 2.10. The second-order valence-corrected chi connectivity index (χ2v) is 16.1. The summed E-state index contributed by atoms with van der Waals surface area (Å²) < 4.78 is 0. The van der Waals surface area contributed by atoms with Gasteiger partial charge in [-0.05, 0) is 146 Å². The first-order chi connectivity index (χ1) is 38.3. The van der Waals surface area contributed by atoms with Gasteiger partial charge in [-0.25, -0.2) is 21.7 Å². The second-order valence-electron chi connectivity index (χ2n) is 16.1. The van der Waals surface area contributed by atoms with Crippen LogP contribution in [0.5, 0.6) is 46.0 Å². The number of carbonyl (C=O) groups is 4. The maximum absolute atomic E-state index is 11.7. The molecule has 0 fully saturated rings. The van der Waals surface area contributed by atoms with Gasteiger partial charge in [0.2, 0.25) is 0 Å². The van der Waals surface area contributed by atoms with Gasteiger partial charge >= 0.3 is 0 Å². The fraction of sp³-hybridized carbons (Fsp3) is 0. The Balaban J connectivity index is 0.000000196. The molecular formula is C56H52N12O12. The maximum Gasteiger partial charge on any atom is 0.271 e. The van der Waals surface area contributed by atoms with Crippen LogP contribution in [0.2, 0.25) is 0 Å². The van der Waals surface area contributed by atoms with E-state index in [9.17, 15) is 60.0 Å². The number of nitrogens with zero attached hydrogens (tertiary/aromatic N) is 4. The molecule has 0 aromatic heterocycles. The van der Waals surface area contributed by atoms with Crippen molar-refractivity contribution < 1.29 is 60.0 Å². The van der Waals surface area contributed by atoms with Crippen molar-refractivity contribution in [1.29, 1.82) is 0 Å². The van der Waals surface area contributed by atoms with E-state index in [1.54, 1.807) is 146 Å². The van der Waals surface area contributed by atoms with Crippen LogP contribution >= 0.6 is 0 Å². The van der Waals surface area contributed by atoms with Crippen LogP contribution in [0.4, 0.5) is 22.7 Å². The van der Waals surface area contributed by atoms with E-state index in [2.05, 4.69) is 42.1 Å². The SMILES string of the molecule is Nc1ccc(C(=O)N/N=C/c2cccc(O)c2O)cc1.Nc1ccc(C(=O)N/N=C/c2cccc(O)c2O)cc1.Nc1ccc(C(=O)N/N=C/c2cccc(O)c2O)cc1.Nc1ccc(C(=O)N/N=C/c2cccc(O)c2O)cc1. The number of amides is 4. The number of rotatable bonds is 12. The number of phenolic OH excluding ortho intramolecular Hbond substituents is 8. The molecule has 0 atom stereocenters. The third-order valence-corrected chi connectivity index (χ3v) is 10.4.